The summed E-state index contributed by atoms with van der Waals surface area (Å²) in [5.74, 6) is -1.27. The molecular weight excluding hydrogens is 568 g/mol. The van der Waals surface area contributed by atoms with Crippen molar-refractivity contribution in [1.82, 2.24) is 10.0 Å². The van der Waals surface area contributed by atoms with E-state index in [9.17, 15) is 31.5 Å². The Hall–Kier alpha value is -3.65. The number of carbonyl (C=O) groups is 2. The molecule has 0 bridgehead atoms. The highest BCUT2D eigenvalue weighted by Gasteiger charge is 2.24. The zero-order valence-electron chi connectivity index (χ0n) is 20.7. The normalized spacial score (nSPS) is 12.4. The third kappa shape index (κ3) is 8.68. The minimum absolute atomic E-state index is 0.0765. The van der Waals surface area contributed by atoms with E-state index in [0.717, 1.165) is 6.42 Å². The monoisotopic (exact) mass is 594 g/mol. The van der Waals surface area contributed by atoms with Crippen LogP contribution in [0.2, 0.25) is 5.02 Å². The van der Waals surface area contributed by atoms with Crippen LogP contribution in [0.25, 0.3) is 0 Å². The second-order valence-electron chi connectivity index (χ2n) is 8.37. The molecule has 0 aliphatic carbocycles. The zero-order chi connectivity index (χ0) is 28.6. The summed E-state index contributed by atoms with van der Waals surface area (Å²) in [6.07, 6.45) is 0.136. The predicted molar refractivity (Wildman–Crippen MR) is 148 cm³/mol. The van der Waals surface area contributed by atoms with Crippen molar-refractivity contribution in [3.8, 4) is 0 Å². The van der Waals surface area contributed by atoms with E-state index in [-0.39, 0.29) is 26.7 Å². The van der Waals surface area contributed by atoms with Gasteiger partial charge in [0.2, 0.25) is 10.0 Å². The van der Waals surface area contributed by atoms with Crippen molar-refractivity contribution in [2.75, 3.05) is 16.6 Å². The van der Waals surface area contributed by atoms with E-state index in [1.165, 1.54) is 72.8 Å². The number of benzene rings is 3. The van der Waals surface area contributed by atoms with Gasteiger partial charge >= 0.3 is 12.0 Å². The maximum Gasteiger partial charge on any atom is 0.319 e. The molecule has 3 aromatic carbocycles. The van der Waals surface area contributed by atoms with E-state index in [2.05, 4.69) is 20.1 Å². The van der Waals surface area contributed by atoms with Crippen LogP contribution in [0.3, 0.4) is 0 Å². The maximum absolute atomic E-state index is 13.1. The quantitative estimate of drug-likeness (QED) is 0.209. The van der Waals surface area contributed by atoms with Crippen LogP contribution in [-0.2, 0) is 24.8 Å². The molecule has 14 heteroatoms. The first-order valence-corrected chi connectivity index (χ1v) is 15.0. The number of amides is 2. The average Bonchev–Trinajstić information content (AvgIpc) is 2.87. The van der Waals surface area contributed by atoms with Gasteiger partial charge < -0.3 is 15.7 Å². The van der Waals surface area contributed by atoms with Crippen molar-refractivity contribution in [3.63, 3.8) is 0 Å². The number of halogens is 1. The van der Waals surface area contributed by atoms with E-state index >= 15 is 0 Å². The lowest BCUT2D eigenvalue weighted by atomic mass is 10.0. The fraction of sp³-hybridized carbons (Fsp3) is 0.200. The molecule has 0 heterocycles. The molecule has 5 N–H and O–H groups in total. The number of carboxylic acids is 1. The molecule has 0 radical (unpaired) electrons. The Balaban J connectivity index is 1.84. The molecule has 0 saturated heterocycles. The second-order valence-corrected chi connectivity index (χ2v) is 12.2. The highest BCUT2D eigenvalue weighted by molar-refractivity contribution is 7.92. The van der Waals surface area contributed by atoms with Crippen molar-refractivity contribution in [1.29, 1.82) is 0 Å². The Labute approximate surface area is 231 Å². The number of hydrogen-bond acceptors (Lipinski definition) is 6. The number of anilines is 2. The first-order valence-electron chi connectivity index (χ1n) is 11.7. The van der Waals surface area contributed by atoms with Crippen LogP contribution >= 0.6 is 11.6 Å². The molecule has 0 aromatic heterocycles. The number of nitrogens with one attached hydrogen (secondary N) is 4. The van der Waals surface area contributed by atoms with Gasteiger partial charge in [-0.25, -0.2) is 26.4 Å². The van der Waals surface area contributed by atoms with E-state index in [1.54, 1.807) is 0 Å². The lowest BCUT2D eigenvalue weighted by Crippen LogP contribution is -2.30. The molecule has 11 nitrogen and oxygen atoms in total. The number of hydrogen-bond donors (Lipinski definition) is 5. The number of carboxylic acid groups (broad SMARTS) is 1. The second kappa shape index (κ2) is 12.9. The third-order valence-electron chi connectivity index (χ3n) is 5.28. The summed E-state index contributed by atoms with van der Waals surface area (Å²) in [4.78, 5) is 23.2. The highest BCUT2D eigenvalue weighted by Crippen LogP contribution is 2.26. The predicted octanol–water partition coefficient (Wildman–Crippen LogP) is 4.17. The topological polar surface area (TPSA) is 171 Å². The van der Waals surface area contributed by atoms with E-state index in [0.29, 0.717) is 11.6 Å². The van der Waals surface area contributed by atoms with E-state index < -0.39 is 44.5 Å². The molecule has 3 rings (SSSR count). The van der Waals surface area contributed by atoms with Crippen LogP contribution in [0.15, 0.2) is 82.6 Å². The molecule has 0 fully saturated rings. The van der Waals surface area contributed by atoms with Gasteiger partial charge in [-0.05, 0) is 66.6 Å². The Kier molecular flexibility index (Phi) is 9.92. The Morgan fingerprint density at radius 1 is 0.872 bits per heavy atom. The Morgan fingerprint density at radius 2 is 1.54 bits per heavy atom. The molecule has 3 aromatic rings. The summed E-state index contributed by atoms with van der Waals surface area (Å²) in [7, 11) is -8.26. The Bertz CT molecular complexity index is 1550. The van der Waals surface area contributed by atoms with Crippen molar-refractivity contribution in [2.24, 2.45) is 0 Å². The van der Waals surface area contributed by atoms with Crippen LogP contribution in [-0.4, -0.2) is 40.5 Å². The minimum atomic E-state index is -4.13. The van der Waals surface area contributed by atoms with Gasteiger partial charge in [-0.2, -0.15) is 0 Å². The molecule has 39 heavy (non-hydrogen) atoms. The summed E-state index contributed by atoms with van der Waals surface area (Å²) in [5, 5.41) is 14.9. The lowest BCUT2D eigenvalue weighted by molar-refractivity contribution is -0.137. The van der Waals surface area contributed by atoms with Gasteiger partial charge in [-0.1, -0.05) is 36.7 Å². The van der Waals surface area contributed by atoms with Gasteiger partial charge in [-0.3, -0.25) is 9.52 Å². The summed E-state index contributed by atoms with van der Waals surface area (Å²) < 4.78 is 56.6. The first-order chi connectivity index (χ1) is 18.4. The van der Waals surface area contributed by atoms with Crippen molar-refractivity contribution < 1.29 is 31.5 Å². The fourth-order valence-electron chi connectivity index (χ4n) is 3.46. The van der Waals surface area contributed by atoms with Gasteiger partial charge in [0.05, 0.1) is 22.3 Å². The number of carbonyl (C=O) groups excluding carboxylic acids is 1. The third-order valence-corrected chi connectivity index (χ3v) is 8.40. The van der Waals surface area contributed by atoms with Crippen LogP contribution in [0, 0.1) is 0 Å². The van der Waals surface area contributed by atoms with Gasteiger partial charge in [0, 0.05) is 22.9 Å². The molecule has 208 valence electrons. The lowest BCUT2D eigenvalue weighted by Gasteiger charge is -2.19. The van der Waals surface area contributed by atoms with Gasteiger partial charge in [-0.15, -0.1) is 0 Å². The maximum atomic E-state index is 13.1. The van der Waals surface area contributed by atoms with Crippen LogP contribution in [0.5, 0.6) is 0 Å². The molecule has 0 saturated carbocycles. The summed E-state index contributed by atoms with van der Waals surface area (Å²) >= 11 is 5.83. The number of aliphatic carboxylic acids is 1. The number of urea groups is 1. The average molecular weight is 595 g/mol. The smallest absolute Gasteiger partial charge is 0.319 e. The van der Waals surface area contributed by atoms with E-state index in [4.69, 9.17) is 11.6 Å². The zero-order valence-corrected chi connectivity index (χ0v) is 23.1. The van der Waals surface area contributed by atoms with Crippen LogP contribution in [0.4, 0.5) is 16.2 Å². The minimum Gasteiger partial charge on any atom is -0.481 e. The number of sulfonamides is 2. The summed E-state index contributed by atoms with van der Waals surface area (Å²) in [5.41, 5.74) is 0.559. The molecule has 0 spiro atoms. The SMILES string of the molecule is CCCNC(=O)Nc1cccc(S(=O)(=O)Nc2cccc([C@H](CC(=O)O)NS(=O)(=O)c3ccc(Cl)cc3)c2)c1. The van der Waals surface area contributed by atoms with Crippen molar-refractivity contribution >= 4 is 55.0 Å². The van der Waals surface area contributed by atoms with Crippen molar-refractivity contribution in [2.45, 2.75) is 35.6 Å². The fourth-order valence-corrected chi connectivity index (χ4v) is 5.90. The van der Waals surface area contributed by atoms with Gasteiger partial charge in [0.15, 0.2) is 0 Å². The van der Waals surface area contributed by atoms with Gasteiger partial charge in [0.25, 0.3) is 10.0 Å². The summed E-state index contributed by atoms with van der Waals surface area (Å²) in [6, 6.07) is 15.0. The van der Waals surface area contributed by atoms with Crippen LogP contribution in [0.1, 0.15) is 31.4 Å². The van der Waals surface area contributed by atoms with Crippen LogP contribution < -0.4 is 20.1 Å². The molecule has 1 atom stereocenters. The highest BCUT2D eigenvalue weighted by atomic mass is 35.5. The molecule has 2 amide bonds. The largest absolute Gasteiger partial charge is 0.481 e. The van der Waals surface area contributed by atoms with E-state index in [1.807, 2.05) is 6.92 Å². The molecule has 0 aliphatic heterocycles. The molecule has 0 unspecified atom stereocenters. The molecular formula is C25H27ClN4O7S2. The van der Waals surface area contributed by atoms with Gasteiger partial charge in [0.1, 0.15) is 0 Å². The summed E-state index contributed by atoms with van der Waals surface area (Å²) in [6.45, 7) is 2.35. The van der Waals surface area contributed by atoms with Crippen molar-refractivity contribution in [3.05, 3.63) is 83.4 Å². The number of rotatable bonds is 12. The first kappa shape index (κ1) is 29.9. The molecule has 0 aliphatic rings. The Morgan fingerprint density at radius 3 is 2.21 bits per heavy atom. The standard InChI is InChI=1S/C25H27ClN4O7S2/c1-2-13-27-25(33)28-19-6-4-8-22(15-19)39(36,37)29-20-7-3-5-17(14-20)23(16-24(31)32)30-38(34,35)21-11-9-18(26)10-12-21/h3-12,14-15,23,29-30H,2,13,16H2,1H3,(H,31,32)(H2,27,28,33)/t23-/m0/s1.